The molecule has 0 aliphatic carbocycles. The molecule has 0 bridgehead atoms. The highest BCUT2D eigenvalue weighted by atomic mass is 35.5. The Morgan fingerprint density at radius 2 is 1.55 bits per heavy atom. The Morgan fingerprint density at radius 3 is 2.23 bits per heavy atom. The van der Waals surface area contributed by atoms with Gasteiger partial charge in [-0.05, 0) is 38.0 Å². The van der Waals surface area contributed by atoms with E-state index in [1.165, 1.54) is 18.4 Å². The van der Waals surface area contributed by atoms with Crippen LogP contribution in [0.1, 0.15) is 38.2 Å². The van der Waals surface area contributed by atoms with Crippen LogP contribution < -0.4 is 9.47 Å². The van der Waals surface area contributed by atoms with Crippen molar-refractivity contribution < 1.29 is 9.47 Å². The smallest absolute Gasteiger partial charge is 0.127 e. The molecule has 120 valence electrons. The van der Waals surface area contributed by atoms with E-state index in [0.29, 0.717) is 12.5 Å². The first-order valence-electron chi connectivity index (χ1n) is 8.11. The maximum atomic E-state index is 5.97. The van der Waals surface area contributed by atoms with E-state index < -0.39 is 0 Å². The van der Waals surface area contributed by atoms with Crippen LogP contribution in [0.5, 0.6) is 11.5 Å². The van der Waals surface area contributed by atoms with Gasteiger partial charge in [0.2, 0.25) is 0 Å². The van der Waals surface area contributed by atoms with E-state index in [2.05, 4.69) is 32.0 Å². The molecule has 0 radical (unpaired) electrons. The highest BCUT2D eigenvalue weighted by molar-refractivity contribution is 6.17. The van der Waals surface area contributed by atoms with E-state index in [1.807, 2.05) is 12.1 Å². The largest absolute Gasteiger partial charge is 0.493 e. The molecule has 0 aliphatic heterocycles. The summed E-state index contributed by atoms with van der Waals surface area (Å²) in [5.41, 5.74) is 1.22. The summed E-state index contributed by atoms with van der Waals surface area (Å²) in [6.45, 7) is 5.70. The van der Waals surface area contributed by atoms with Gasteiger partial charge in [-0.2, -0.15) is 0 Å². The molecule has 2 aromatic carbocycles. The van der Waals surface area contributed by atoms with Crippen LogP contribution in [0.4, 0.5) is 0 Å². The van der Waals surface area contributed by atoms with Crippen LogP contribution >= 0.6 is 11.6 Å². The summed E-state index contributed by atoms with van der Waals surface area (Å²) >= 11 is 5.72. The second-order valence-corrected chi connectivity index (χ2v) is 5.94. The maximum absolute atomic E-state index is 5.97. The summed E-state index contributed by atoms with van der Waals surface area (Å²) in [5.74, 6) is 2.47. The number of benzene rings is 2. The van der Waals surface area contributed by atoms with Crippen molar-refractivity contribution in [2.24, 2.45) is 0 Å². The lowest BCUT2D eigenvalue weighted by Crippen LogP contribution is -2.01. The number of fused-ring (bicyclic) bond motifs is 1. The first-order valence-corrected chi connectivity index (χ1v) is 8.64. The topological polar surface area (TPSA) is 18.5 Å². The molecule has 0 aromatic heterocycles. The lowest BCUT2D eigenvalue weighted by molar-refractivity contribution is 0.307. The lowest BCUT2D eigenvalue weighted by atomic mass is 10.1. The fourth-order valence-corrected chi connectivity index (χ4v) is 2.54. The summed E-state index contributed by atoms with van der Waals surface area (Å²) in [4.78, 5) is 0. The SMILES string of the molecule is CCCCCOc1ccc(OCCCCl)c2cc(C)ccc12. The molecule has 3 heteroatoms. The van der Waals surface area contributed by atoms with E-state index >= 15 is 0 Å². The van der Waals surface area contributed by atoms with Crippen LogP contribution in [0.2, 0.25) is 0 Å². The number of aryl methyl sites for hydroxylation is 1. The van der Waals surface area contributed by atoms with E-state index in [4.69, 9.17) is 21.1 Å². The monoisotopic (exact) mass is 320 g/mol. The van der Waals surface area contributed by atoms with Crippen LogP contribution in [0, 0.1) is 6.92 Å². The molecule has 22 heavy (non-hydrogen) atoms. The molecule has 0 aliphatic rings. The first kappa shape index (κ1) is 17.0. The van der Waals surface area contributed by atoms with Crippen molar-refractivity contribution in [3.05, 3.63) is 35.9 Å². The minimum atomic E-state index is 0.621. The molecule has 2 nitrogen and oxygen atoms in total. The van der Waals surface area contributed by atoms with Gasteiger partial charge in [0.1, 0.15) is 11.5 Å². The summed E-state index contributed by atoms with van der Waals surface area (Å²) in [5, 5.41) is 2.23. The molecule has 0 unspecified atom stereocenters. The molecule has 0 N–H and O–H groups in total. The molecule has 0 spiro atoms. The van der Waals surface area contributed by atoms with Gasteiger partial charge in [-0.1, -0.05) is 37.5 Å². The first-order chi connectivity index (χ1) is 10.8. The van der Waals surface area contributed by atoms with E-state index in [9.17, 15) is 0 Å². The van der Waals surface area contributed by atoms with E-state index in [1.54, 1.807) is 0 Å². The Labute approximate surface area is 138 Å². The van der Waals surface area contributed by atoms with E-state index in [0.717, 1.165) is 41.7 Å². The van der Waals surface area contributed by atoms with Gasteiger partial charge in [-0.25, -0.2) is 0 Å². The minimum Gasteiger partial charge on any atom is -0.493 e. The second-order valence-electron chi connectivity index (χ2n) is 5.56. The maximum Gasteiger partial charge on any atom is 0.127 e. The summed E-state index contributed by atoms with van der Waals surface area (Å²) < 4.78 is 11.8. The Bertz CT molecular complexity index is 595. The standard InChI is InChI=1S/C19H25ClO2/c1-3-4-5-12-21-18-9-10-19(22-13-6-11-20)17-14-15(2)7-8-16(17)18/h7-10,14H,3-6,11-13H2,1-2H3. The number of unbranched alkanes of at least 4 members (excludes halogenated alkanes) is 2. The van der Waals surface area contributed by atoms with Gasteiger partial charge in [-0.3, -0.25) is 0 Å². The number of hydrogen-bond acceptors (Lipinski definition) is 2. The van der Waals surface area contributed by atoms with Crippen molar-refractivity contribution in [3.8, 4) is 11.5 Å². The molecule has 0 amide bonds. The average Bonchev–Trinajstić information content (AvgIpc) is 2.53. The average molecular weight is 321 g/mol. The van der Waals surface area contributed by atoms with E-state index in [-0.39, 0.29) is 0 Å². The number of ether oxygens (including phenoxy) is 2. The third-order valence-electron chi connectivity index (χ3n) is 3.63. The Hall–Kier alpha value is -1.41. The molecular weight excluding hydrogens is 296 g/mol. The molecular formula is C19H25ClO2. The normalized spacial score (nSPS) is 10.9. The zero-order chi connectivity index (χ0) is 15.8. The number of alkyl halides is 1. The second kappa shape index (κ2) is 8.89. The Morgan fingerprint density at radius 1 is 0.864 bits per heavy atom. The third-order valence-corrected chi connectivity index (χ3v) is 3.90. The predicted molar refractivity (Wildman–Crippen MR) is 94.5 cm³/mol. The van der Waals surface area contributed by atoms with Gasteiger partial charge in [0.25, 0.3) is 0 Å². The minimum absolute atomic E-state index is 0.621. The lowest BCUT2D eigenvalue weighted by Gasteiger charge is -2.14. The van der Waals surface area contributed by atoms with Crippen molar-refractivity contribution in [3.63, 3.8) is 0 Å². The molecule has 0 saturated carbocycles. The Kier molecular flexibility index (Phi) is 6.85. The number of hydrogen-bond donors (Lipinski definition) is 0. The molecule has 0 atom stereocenters. The van der Waals surface area contributed by atoms with Crippen molar-refractivity contribution in [2.45, 2.75) is 39.5 Å². The Balaban J connectivity index is 2.22. The fourth-order valence-electron chi connectivity index (χ4n) is 2.43. The van der Waals surface area contributed by atoms with Crippen LogP contribution in [0.15, 0.2) is 30.3 Å². The quantitative estimate of drug-likeness (QED) is 0.434. The van der Waals surface area contributed by atoms with Crippen molar-refractivity contribution in [2.75, 3.05) is 19.1 Å². The molecule has 0 heterocycles. The molecule has 0 fully saturated rings. The van der Waals surface area contributed by atoms with Gasteiger partial charge in [0.15, 0.2) is 0 Å². The number of rotatable bonds is 9. The predicted octanol–water partition coefficient (Wildman–Crippen LogP) is 5.72. The molecule has 2 aromatic rings. The van der Waals surface area contributed by atoms with Crippen LogP contribution in [-0.4, -0.2) is 19.1 Å². The zero-order valence-corrected chi connectivity index (χ0v) is 14.3. The van der Waals surface area contributed by atoms with Crippen molar-refractivity contribution in [1.82, 2.24) is 0 Å². The highest BCUT2D eigenvalue weighted by Crippen LogP contribution is 2.34. The van der Waals surface area contributed by atoms with Gasteiger partial charge in [0, 0.05) is 16.7 Å². The van der Waals surface area contributed by atoms with Crippen LogP contribution in [-0.2, 0) is 0 Å². The fraction of sp³-hybridized carbons (Fsp3) is 0.474. The van der Waals surface area contributed by atoms with Crippen molar-refractivity contribution >= 4 is 22.4 Å². The van der Waals surface area contributed by atoms with Gasteiger partial charge >= 0.3 is 0 Å². The third kappa shape index (κ3) is 4.54. The molecule has 2 rings (SSSR count). The summed E-state index contributed by atoms with van der Waals surface area (Å²) in [6, 6.07) is 10.4. The number of halogens is 1. The zero-order valence-electron chi connectivity index (χ0n) is 13.5. The van der Waals surface area contributed by atoms with Crippen molar-refractivity contribution in [1.29, 1.82) is 0 Å². The molecule has 0 saturated heterocycles. The van der Waals surface area contributed by atoms with Gasteiger partial charge in [0.05, 0.1) is 13.2 Å². The summed E-state index contributed by atoms with van der Waals surface area (Å²) in [6.07, 6.45) is 4.36. The van der Waals surface area contributed by atoms with Crippen LogP contribution in [0.3, 0.4) is 0 Å². The van der Waals surface area contributed by atoms with Gasteiger partial charge in [-0.15, -0.1) is 11.6 Å². The summed E-state index contributed by atoms with van der Waals surface area (Å²) in [7, 11) is 0. The van der Waals surface area contributed by atoms with Crippen LogP contribution in [0.25, 0.3) is 10.8 Å². The highest BCUT2D eigenvalue weighted by Gasteiger charge is 2.08. The van der Waals surface area contributed by atoms with Gasteiger partial charge < -0.3 is 9.47 Å².